The molecule has 1 aromatic heterocycles. The third-order valence-corrected chi connectivity index (χ3v) is 4.17. The van der Waals surface area contributed by atoms with Crippen LogP contribution in [0.15, 0.2) is 18.5 Å². The zero-order valence-corrected chi connectivity index (χ0v) is 12.7. The van der Waals surface area contributed by atoms with Crippen molar-refractivity contribution in [1.82, 2.24) is 14.9 Å². The van der Waals surface area contributed by atoms with Crippen molar-refractivity contribution in [3.63, 3.8) is 0 Å². The topological polar surface area (TPSA) is 29.9 Å². The van der Waals surface area contributed by atoms with Gasteiger partial charge in [-0.1, -0.05) is 13.8 Å². The largest absolute Gasteiger partial charge is 0.327 e. The molecule has 0 amide bonds. The predicted octanol–water partition coefficient (Wildman–Crippen LogP) is 3.46. The van der Waals surface area contributed by atoms with Crippen LogP contribution < -0.4 is 5.32 Å². The minimum Gasteiger partial charge on any atom is -0.327 e. The second-order valence-corrected chi connectivity index (χ2v) is 5.60. The van der Waals surface area contributed by atoms with Gasteiger partial charge < -0.3 is 9.88 Å². The van der Waals surface area contributed by atoms with Gasteiger partial charge in [0.2, 0.25) is 0 Å². The summed E-state index contributed by atoms with van der Waals surface area (Å²) in [5, 5.41) is 3.43. The molecular weight excluding hydrogens is 234 g/mol. The van der Waals surface area contributed by atoms with Crippen LogP contribution >= 0.6 is 0 Å². The van der Waals surface area contributed by atoms with Crippen LogP contribution in [0.3, 0.4) is 0 Å². The Kier molecular flexibility index (Phi) is 4.25. The van der Waals surface area contributed by atoms with Crippen molar-refractivity contribution in [2.45, 2.75) is 40.7 Å². The lowest BCUT2D eigenvalue weighted by Gasteiger charge is -2.22. The van der Waals surface area contributed by atoms with Gasteiger partial charge in [-0.05, 0) is 63.0 Å². The van der Waals surface area contributed by atoms with Crippen molar-refractivity contribution in [1.29, 1.82) is 0 Å². The third kappa shape index (κ3) is 2.81. The van der Waals surface area contributed by atoms with Gasteiger partial charge in [-0.3, -0.25) is 0 Å². The summed E-state index contributed by atoms with van der Waals surface area (Å²) in [6.07, 6.45) is 1.98. The molecule has 0 saturated heterocycles. The molecule has 1 aromatic carbocycles. The maximum Gasteiger partial charge on any atom is 0.0960 e. The Morgan fingerprint density at radius 1 is 1.21 bits per heavy atom. The summed E-state index contributed by atoms with van der Waals surface area (Å²) in [4.78, 5) is 4.55. The Hall–Kier alpha value is -1.35. The summed E-state index contributed by atoms with van der Waals surface area (Å²) in [7, 11) is 0. The first-order chi connectivity index (χ1) is 9.04. The van der Waals surface area contributed by atoms with E-state index in [9.17, 15) is 0 Å². The molecule has 0 fully saturated rings. The van der Waals surface area contributed by atoms with Gasteiger partial charge >= 0.3 is 0 Å². The van der Waals surface area contributed by atoms with E-state index in [2.05, 4.69) is 61.6 Å². The van der Waals surface area contributed by atoms with E-state index in [0.717, 1.165) is 18.6 Å². The van der Waals surface area contributed by atoms with Gasteiger partial charge in [0.15, 0.2) is 0 Å². The molecule has 0 aliphatic rings. The Morgan fingerprint density at radius 3 is 2.58 bits per heavy atom. The summed E-state index contributed by atoms with van der Waals surface area (Å²) in [6, 6.07) is 4.89. The van der Waals surface area contributed by atoms with Crippen molar-refractivity contribution in [2.75, 3.05) is 13.1 Å². The minimum atomic E-state index is 0.450. The molecule has 104 valence electrons. The van der Waals surface area contributed by atoms with Crippen LogP contribution in [0.2, 0.25) is 0 Å². The zero-order valence-electron chi connectivity index (χ0n) is 12.7. The number of benzene rings is 1. The molecule has 0 radical (unpaired) electrons. The van der Waals surface area contributed by atoms with Gasteiger partial charge in [-0.25, -0.2) is 4.98 Å². The molecule has 2 aromatic rings. The lowest BCUT2D eigenvalue weighted by molar-refractivity contribution is 0.370. The van der Waals surface area contributed by atoms with E-state index >= 15 is 0 Å². The number of rotatable bonds is 5. The summed E-state index contributed by atoms with van der Waals surface area (Å²) < 4.78 is 2.31. The van der Waals surface area contributed by atoms with E-state index in [1.165, 1.54) is 16.6 Å². The molecule has 0 spiro atoms. The normalized spacial score (nSPS) is 14.8. The first kappa shape index (κ1) is 14.1. The molecule has 2 rings (SSSR count). The van der Waals surface area contributed by atoms with Crippen LogP contribution in [0, 0.1) is 19.8 Å². The SMILES string of the molecule is CCNCC(C)C(C)n1cnc2cc(C)c(C)cc21. The fourth-order valence-electron chi connectivity index (χ4n) is 2.42. The number of aryl methyl sites for hydroxylation is 2. The molecule has 0 saturated carbocycles. The molecule has 0 bridgehead atoms. The van der Waals surface area contributed by atoms with Crippen molar-refractivity contribution < 1.29 is 0 Å². The van der Waals surface area contributed by atoms with Crippen molar-refractivity contribution in [3.8, 4) is 0 Å². The van der Waals surface area contributed by atoms with Crippen molar-refractivity contribution in [2.24, 2.45) is 5.92 Å². The van der Waals surface area contributed by atoms with E-state index in [1.807, 2.05) is 6.33 Å². The Balaban J connectivity index is 2.32. The fourth-order valence-corrected chi connectivity index (χ4v) is 2.42. The quantitative estimate of drug-likeness (QED) is 0.891. The van der Waals surface area contributed by atoms with Gasteiger partial charge in [0.1, 0.15) is 0 Å². The average molecular weight is 259 g/mol. The van der Waals surface area contributed by atoms with Crippen LogP contribution in [0.5, 0.6) is 0 Å². The second kappa shape index (κ2) is 5.74. The summed E-state index contributed by atoms with van der Waals surface area (Å²) in [6.45, 7) is 13.1. The monoisotopic (exact) mass is 259 g/mol. The van der Waals surface area contributed by atoms with E-state index < -0.39 is 0 Å². The summed E-state index contributed by atoms with van der Waals surface area (Å²) >= 11 is 0. The van der Waals surface area contributed by atoms with Crippen LogP contribution in [0.25, 0.3) is 11.0 Å². The van der Waals surface area contributed by atoms with Gasteiger partial charge in [0.05, 0.1) is 17.4 Å². The molecule has 3 nitrogen and oxygen atoms in total. The molecule has 0 aliphatic heterocycles. The maximum atomic E-state index is 4.55. The standard InChI is InChI=1S/C16H25N3/c1-6-17-9-13(4)14(5)19-10-18-15-7-11(2)12(3)8-16(15)19/h7-8,10,13-14,17H,6,9H2,1-5H3. The van der Waals surface area contributed by atoms with Gasteiger partial charge in [-0.15, -0.1) is 0 Å². The lowest BCUT2D eigenvalue weighted by Crippen LogP contribution is -2.26. The van der Waals surface area contributed by atoms with Crippen molar-refractivity contribution >= 4 is 11.0 Å². The number of aromatic nitrogens is 2. The predicted molar refractivity (Wildman–Crippen MR) is 81.6 cm³/mol. The number of hydrogen-bond acceptors (Lipinski definition) is 2. The maximum absolute atomic E-state index is 4.55. The molecule has 1 heterocycles. The van der Waals surface area contributed by atoms with Crippen molar-refractivity contribution in [3.05, 3.63) is 29.6 Å². The minimum absolute atomic E-state index is 0.450. The smallest absolute Gasteiger partial charge is 0.0960 e. The summed E-state index contributed by atoms with van der Waals surface area (Å²) in [5.74, 6) is 0.582. The molecule has 2 unspecified atom stereocenters. The number of hydrogen-bond donors (Lipinski definition) is 1. The van der Waals surface area contributed by atoms with Crippen LogP contribution in [-0.2, 0) is 0 Å². The fraction of sp³-hybridized carbons (Fsp3) is 0.562. The molecule has 3 heteroatoms. The Bertz CT molecular complexity index is 556. The van der Waals surface area contributed by atoms with E-state index in [0.29, 0.717) is 12.0 Å². The van der Waals surface area contributed by atoms with Crippen LogP contribution in [-0.4, -0.2) is 22.6 Å². The van der Waals surface area contributed by atoms with Gasteiger partial charge in [0, 0.05) is 6.04 Å². The molecule has 2 atom stereocenters. The number of fused-ring (bicyclic) bond motifs is 1. The number of nitrogens with zero attached hydrogens (tertiary/aromatic N) is 2. The molecule has 0 aliphatic carbocycles. The van der Waals surface area contributed by atoms with Crippen LogP contribution in [0.4, 0.5) is 0 Å². The van der Waals surface area contributed by atoms with Gasteiger partial charge in [0.25, 0.3) is 0 Å². The highest BCUT2D eigenvalue weighted by atomic mass is 15.1. The highest BCUT2D eigenvalue weighted by Gasteiger charge is 2.16. The third-order valence-electron chi connectivity index (χ3n) is 4.17. The highest BCUT2D eigenvalue weighted by Crippen LogP contribution is 2.25. The molecule has 19 heavy (non-hydrogen) atoms. The van der Waals surface area contributed by atoms with E-state index in [-0.39, 0.29) is 0 Å². The summed E-state index contributed by atoms with van der Waals surface area (Å²) in [5.41, 5.74) is 5.00. The van der Waals surface area contributed by atoms with Gasteiger partial charge in [-0.2, -0.15) is 0 Å². The Labute approximate surface area is 116 Å². The van der Waals surface area contributed by atoms with E-state index in [4.69, 9.17) is 0 Å². The number of imidazole rings is 1. The van der Waals surface area contributed by atoms with E-state index in [1.54, 1.807) is 0 Å². The lowest BCUT2D eigenvalue weighted by atomic mass is 10.0. The first-order valence-electron chi connectivity index (χ1n) is 7.19. The zero-order chi connectivity index (χ0) is 14.0. The molecule has 1 N–H and O–H groups in total. The Morgan fingerprint density at radius 2 is 1.89 bits per heavy atom. The average Bonchev–Trinajstić information content (AvgIpc) is 2.78. The highest BCUT2D eigenvalue weighted by molar-refractivity contribution is 5.77. The number of nitrogens with one attached hydrogen (secondary N) is 1. The molecular formula is C16H25N3. The second-order valence-electron chi connectivity index (χ2n) is 5.60. The van der Waals surface area contributed by atoms with Crippen LogP contribution in [0.1, 0.15) is 37.9 Å². The first-order valence-corrected chi connectivity index (χ1v) is 7.19.